The Balaban J connectivity index is 2.73. The van der Waals surface area contributed by atoms with E-state index in [4.69, 9.17) is 0 Å². The molecule has 0 radical (unpaired) electrons. The summed E-state index contributed by atoms with van der Waals surface area (Å²) >= 11 is 0. The molecule has 0 fully saturated rings. The van der Waals surface area contributed by atoms with E-state index in [9.17, 15) is 0 Å². The fourth-order valence-corrected chi connectivity index (χ4v) is 1.03. The van der Waals surface area contributed by atoms with E-state index >= 15 is 0 Å². The van der Waals surface area contributed by atoms with Gasteiger partial charge in [0.15, 0.2) is 0 Å². The lowest BCUT2D eigenvalue weighted by Crippen LogP contribution is -1.83. The van der Waals surface area contributed by atoms with Gasteiger partial charge in [-0.2, -0.15) is 13.2 Å². The summed E-state index contributed by atoms with van der Waals surface area (Å²) in [5, 5.41) is 0. The van der Waals surface area contributed by atoms with Crippen molar-refractivity contribution >= 4 is 5.57 Å². The molecule has 12 heavy (non-hydrogen) atoms. The van der Waals surface area contributed by atoms with Crippen molar-refractivity contribution in [3.05, 3.63) is 61.0 Å². The van der Waals surface area contributed by atoms with Gasteiger partial charge >= 0.3 is 0 Å². The lowest BCUT2D eigenvalue weighted by atomic mass is 10.0. The second kappa shape index (κ2) is 3.82. The Bertz CT molecular complexity index is 280. The van der Waals surface area contributed by atoms with Crippen LogP contribution in [0.2, 0.25) is 0 Å². The highest BCUT2D eigenvalue weighted by Gasteiger charge is 1.88. The van der Waals surface area contributed by atoms with Crippen LogP contribution >= 0.6 is 0 Å². The molecule has 1 aromatic carbocycles. The first-order chi connectivity index (χ1) is 5.70. The molecular formula is C12H13-. The van der Waals surface area contributed by atoms with Gasteiger partial charge in [-0.25, -0.2) is 0 Å². The molecule has 0 amide bonds. The zero-order valence-electron chi connectivity index (χ0n) is 7.38. The molecule has 1 rings (SSSR count). The molecule has 0 aliphatic carbocycles. The van der Waals surface area contributed by atoms with Crippen molar-refractivity contribution in [2.75, 3.05) is 0 Å². The van der Waals surface area contributed by atoms with Crippen LogP contribution in [0.5, 0.6) is 0 Å². The highest BCUT2D eigenvalue weighted by atomic mass is 14.0. The fraction of sp³-hybridized carbons (Fsp3) is 0.0833. The Kier molecular flexibility index (Phi) is 2.76. The number of hydrogen-bond acceptors (Lipinski definition) is 0. The van der Waals surface area contributed by atoms with E-state index in [1.54, 1.807) is 0 Å². The average Bonchev–Trinajstić information content (AvgIpc) is 2.05. The normalized spacial score (nSPS) is 9.08. The predicted octanol–water partition coefficient (Wildman–Crippen LogP) is 3.48. The summed E-state index contributed by atoms with van der Waals surface area (Å²) in [5.74, 6) is 0. The molecule has 0 heterocycles. The molecule has 0 atom stereocenters. The van der Waals surface area contributed by atoms with E-state index in [1.807, 2.05) is 43.7 Å². The summed E-state index contributed by atoms with van der Waals surface area (Å²) in [6, 6.07) is 10.1. The first-order valence-electron chi connectivity index (χ1n) is 3.95. The minimum Gasteiger partial charge on any atom is -0.171 e. The van der Waals surface area contributed by atoms with Crippen LogP contribution in [0.3, 0.4) is 0 Å². The summed E-state index contributed by atoms with van der Waals surface area (Å²) in [6.45, 7) is 9.72. The average molecular weight is 157 g/mol. The zero-order chi connectivity index (χ0) is 8.97. The van der Waals surface area contributed by atoms with E-state index in [-0.39, 0.29) is 0 Å². The second-order valence-electron chi connectivity index (χ2n) is 2.88. The third-order valence-corrected chi connectivity index (χ3v) is 1.57. The van der Waals surface area contributed by atoms with Gasteiger partial charge in [0, 0.05) is 0 Å². The Labute approximate surface area is 74.2 Å². The maximum atomic E-state index is 3.95. The topological polar surface area (TPSA) is 0 Å². The van der Waals surface area contributed by atoms with Crippen LogP contribution in [0.25, 0.3) is 5.57 Å². The molecule has 0 heteroatoms. The molecule has 1 aromatic rings. The largest absolute Gasteiger partial charge is 0.171 e. The standard InChI is InChI=1S/C12H13/c1-10(2)9-11(3)12-7-5-4-6-8-12/h4-9H,1,3H2,2H3/q-1. The third kappa shape index (κ3) is 2.31. The van der Waals surface area contributed by atoms with Crippen molar-refractivity contribution in [1.29, 1.82) is 0 Å². The van der Waals surface area contributed by atoms with Crippen LogP contribution in [-0.4, -0.2) is 0 Å². The fourth-order valence-electron chi connectivity index (χ4n) is 1.03. The minimum atomic E-state index is 1.02. The van der Waals surface area contributed by atoms with Gasteiger partial charge in [-0.15, -0.1) is 17.6 Å². The van der Waals surface area contributed by atoms with Gasteiger partial charge in [0.25, 0.3) is 0 Å². The van der Waals surface area contributed by atoms with E-state index in [0.29, 0.717) is 0 Å². The smallest absolute Gasteiger partial charge is 0.0577 e. The number of hydrogen-bond donors (Lipinski definition) is 0. The minimum absolute atomic E-state index is 1.02. The Morgan fingerprint density at radius 2 is 1.75 bits per heavy atom. The number of allylic oxidation sites excluding steroid dienone is 2. The Hall–Kier alpha value is -1.43. The lowest BCUT2D eigenvalue weighted by Gasteiger charge is -2.12. The highest BCUT2D eigenvalue weighted by Crippen LogP contribution is 2.17. The van der Waals surface area contributed by atoms with E-state index in [0.717, 1.165) is 16.7 Å². The van der Waals surface area contributed by atoms with Gasteiger partial charge in [0.1, 0.15) is 0 Å². The van der Waals surface area contributed by atoms with E-state index in [2.05, 4.69) is 13.2 Å². The van der Waals surface area contributed by atoms with Crippen LogP contribution < -0.4 is 0 Å². The summed E-state index contributed by atoms with van der Waals surface area (Å²) in [4.78, 5) is 0. The van der Waals surface area contributed by atoms with Crippen molar-refractivity contribution < 1.29 is 0 Å². The molecule has 0 saturated heterocycles. The van der Waals surface area contributed by atoms with Crippen LogP contribution in [0, 0.1) is 6.42 Å². The quantitative estimate of drug-likeness (QED) is 0.589. The van der Waals surface area contributed by atoms with E-state index in [1.165, 1.54) is 0 Å². The molecule has 0 N–H and O–H groups in total. The highest BCUT2D eigenvalue weighted by molar-refractivity contribution is 5.72. The molecule has 0 aromatic heterocycles. The van der Waals surface area contributed by atoms with Crippen molar-refractivity contribution in [2.45, 2.75) is 6.92 Å². The maximum Gasteiger partial charge on any atom is -0.0577 e. The molecule has 0 bridgehead atoms. The van der Waals surface area contributed by atoms with Crippen molar-refractivity contribution in [2.24, 2.45) is 0 Å². The summed E-state index contributed by atoms with van der Waals surface area (Å²) in [6.07, 6.45) is 1.98. The SMILES string of the molecule is C=C(C)[CH-]C(=C)c1ccccc1. The maximum absolute atomic E-state index is 3.95. The Morgan fingerprint density at radius 3 is 2.25 bits per heavy atom. The van der Waals surface area contributed by atoms with Crippen LogP contribution in [0.15, 0.2) is 49.1 Å². The molecule has 0 aliphatic heterocycles. The van der Waals surface area contributed by atoms with E-state index < -0.39 is 0 Å². The first kappa shape index (κ1) is 8.66. The molecule has 0 nitrogen and oxygen atoms in total. The molecule has 62 valence electrons. The van der Waals surface area contributed by atoms with Gasteiger partial charge < -0.3 is 0 Å². The second-order valence-corrected chi connectivity index (χ2v) is 2.88. The molecule has 0 aliphatic rings. The van der Waals surface area contributed by atoms with Crippen molar-refractivity contribution in [1.82, 2.24) is 0 Å². The first-order valence-corrected chi connectivity index (χ1v) is 3.95. The number of benzene rings is 1. The molecular weight excluding hydrogens is 144 g/mol. The summed E-state index contributed by atoms with van der Waals surface area (Å²) in [7, 11) is 0. The van der Waals surface area contributed by atoms with Gasteiger partial charge in [0.2, 0.25) is 0 Å². The van der Waals surface area contributed by atoms with Crippen LogP contribution in [0.4, 0.5) is 0 Å². The number of rotatable bonds is 3. The van der Waals surface area contributed by atoms with Crippen molar-refractivity contribution in [3.8, 4) is 0 Å². The van der Waals surface area contributed by atoms with Gasteiger partial charge in [-0.1, -0.05) is 42.8 Å². The molecule has 0 spiro atoms. The molecule has 0 saturated carbocycles. The zero-order valence-corrected chi connectivity index (χ0v) is 7.38. The van der Waals surface area contributed by atoms with Crippen LogP contribution in [0.1, 0.15) is 12.5 Å². The van der Waals surface area contributed by atoms with Gasteiger partial charge in [-0.3, -0.25) is 0 Å². The third-order valence-electron chi connectivity index (χ3n) is 1.57. The monoisotopic (exact) mass is 157 g/mol. The van der Waals surface area contributed by atoms with Gasteiger partial charge in [0.05, 0.1) is 0 Å². The van der Waals surface area contributed by atoms with Gasteiger partial charge in [-0.05, 0) is 0 Å². The Morgan fingerprint density at radius 1 is 1.17 bits per heavy atom. The lowest BCUT2D eigenvalue weighted by molar-refractivity contribution is 1.46. The van der Waals surface area contributed by atoms with Crippen LogP contribution in [-0.2, 0) is 0 Å². The summed E-state index contributed by atoms with van der Waals surface area (Å²) < 4.78 is 0. The predicted molar refractivity (Wildman–Crippen MR) is 54.6 cm³/mol. The van der Waals surface area contributed by atoms with Crippen molar-refractivity contribution in [3.63, 3.8) is 0 Å². The molecule has 0 unspecified atom stereocenters. The summed E-state index contributed by atoms with van der Waals surface area (Å²) in [5.41, 5.74) is 3.20.